The number of nitrogens with one attached hydrogen (secondary N) is 2. The Kier molecular flexibility index (Phi) is 6.74. The molecule has 0 bridgehead atoms. The van der Waals surface area contributed by atoms with Crippen molar-refractivity contribution in [1.29, 1.82) is 0 Å². The molecule has 2 heterocycles. The molecule has 2 N–H and O–H groups in total. The van der Waals surface area contributed by atoms with E-state index >= 15 is 0 Å². The van der Waals surface area contributed by atoms with Gasteiger partial charge in [-0.25, -0.2) is 13.2 Å². The van der Waals surface area contributed by atoms with Crippen molar-refractivity contribution >= 4 is 0 Å². The SMILES string of the molecule is C[C@H](NC1=CNC(CC(F)CF)C1)c1ccc(-c2ccnc(C(C)(C)C)c2)c(F)c1. The van der Waals surface area contributed by atoms with Crippen LogP contribution in [0.3, 0.4) is 0 Å². The summed E-state index contributed by atoms with van der Waals surface area (Å²) < 4.78 is 40.5. The van der Waals surface area contributed by atoms with Crippen LogP contribution in [0.25, 0.3) is 11.1 Å². The van der Waals surface area contributed by atoms with Gasteiger partial charge in [-0.1, -0.05) is 32.9 Å². The van der Waals surface area contributed by atoms with Crippen molar-refractivity contribution in [2.24, 2.45) is 0 Å². The van der Waals surface area contributed by atoms with E-state index < -0.39 is 12.8 Å². The highest BCUT2D eigenvalue weighted by atomic mass is 19.2. The average molecular weight is 418 g/mol. The lowest BCUT2D eigenvalue weighted by Crippen LogP contribution is -2.25. The van der Waals surface area contributed by atoms with Crippen molar-refractivity contribution in [2.75, 3.05) is 6.67 Å². The van der Waals surface area contributed by atoms with Gasteiger partial charge in [-0.3, -0.25) is 4.98 Å². The third-order valence-electron chi connectivity index (χ3n) is 5.40. The first-order valence-electron chi connectivity index (χ1n) is 10.4. The highest BCUT2D eigenvalue weighted by Gasteiger charge is 2.22. The summed E-state index contributed by atoms with van der Waals surface area (Å²) in [4.78, 5) is 4.41. The average Bonchev–Trinajstić information content (AvgIpc) is 3.13. The normalized spacial score (nSPS) is 18.5. The van der Waals surface area contributed by atoms with Gasteiger partial charge in [0.05, 0.1) is 0 Å². The topological polar surface area (TPSA) is 37.0 Å². The highest BCUT2D eigenvalue weighted by Crippen LogP contribution is 2.29. The lowest BCUT2D eigenvalue weighted by molar-refractivity contribution is 0.230. The van der Waals surface area contributed by atoms with Gasteiger partial charge >= 0.3 is 0 Å². The van der Waals surface area contributed by atoms with Crippen molar-refractivity contribution < 1.29 is 13.2 Å². The molecule has 1 aromatic carbocycles. The van der Waals surface area contributed by atoms with E-state index in [-0.39, 0.29) is 29.7 Å². The van der Waals surface area contributed by atoms with Crippen molar-refractivity contribution in [3.05, 3.63) is 65.5 Å². The zero-order chi connectivity index (χ0) is 21.9. The maximum Gasteiger partial charge on any atom is 0.131 e. The molecule has 2 unspecified atom stereocenters. The molecule has 0 fully saturated rings. The maximum atomic E-state index is 14.9. The van der Waals surface area contributed by atoms with Crippen LogP contribution in [0.5, 0.6) is 0 Å². The Morgan fingerprint density at radius 1 is 1.23 bits per heavy atom. The van der Waals surface area contributed by atoms with Gasteiger partial charge in [-0.05, 0) is 36.2 Å². The van der Waals surface area contributed by atoms with Gasteiger partial charge in [0.15, 0.2) is 0 Å². The van der Waals surface area contributed by atoms with E-state index in [1.807, 2.05) is 25.1 Å². The summed E-state index contributed by atoms with van der Waals surface area (Å²) in [5.41, 5.74) is 3.87. The van der Waals surface area contributed by atoms with Crippen molar-refractivity contribution in [3.8, 4) is 11.1 Å². The number of aromatic nitrogens is 1. The van der Waals surface area contributed by atoms with Crippen LogP contribution in [0.4, 0.5) is 13.2 Å². The molecule has 162 valence electrons. The molecule has 1 aromatic heterocycles. The number of alkyl halides is 2. The van der Waals surface area contributed by atoms with Crippen LogP contribution < -0.4 is 10.6 Å². The van der Waals surface area contributed by atoms with Crippen LogP contribution in [0, 0.1) is 5.82 Å². The Labute approximate surface area is 176 Å². The van der Waals surface area contributed by atoms with E-state index in [9.17, 15) is 13.2 Å². The molecule has 2 aromatic rings. The third kappa shape index (κ3) is 5.35. The zero-order valence-electron chi connectivity index (χ0n) is 18.0. The summed E-state index contributed by atoms with van der Waals surface area (Å²) in [6.07, 6.45) is 2.80. The second-order valence-corrected chi connectivity index (χ2v) is 9.01. The van der Waals surface area contributed by atoms with Gasteiger partial charge in [-0.2, -0.15) is 0 Å². The van der Waals surface area contributed by atoms with E-state index in [1.165, 1.54) is 0 Å². The molecule has 1 aliphatic heterocycles. The van der Waals surface area contributed by atoms with Crippen molar-refractivity contribution in [1.82, 2.24) is 15.6 Å². The molecule has 3 nitrogen and oxygen atoms in total. The summed E-state index contributed by atoms with van der Waals surface area (Å²) in [6, 6.07) is 8.77. The maximum absolute atomic E-state index is 14.9. The molecule has 0 radical (unpaired) electrons. The first-order valence-corrected chi connectivity index (χ1v) is 10.4. The van der Waals surface area contributed by atoms with Crippen LogP contribution in [0.15, 0.2) is 48.4 Å². The summed E-state index contributed by atoms with van der Waals surface area (Å²) in [5.74, 6) is -0.285. The van der Waals surface area contributed by atoms with E-state index in [0.717, 1.165) is 22.5 Å². The van der Waals surface area contributed by atoms with Gasteiger partial charge in [0.2, 0.25) is 0 Å². The van der Waals surface area contributed by atoms with Gasteiger partial charge in [-0.15, -0.1) is 0 Å². The summed E-state index contributed by atoms with van der Waals surface area (Å²) in [5, 5.41) is 6.41. The quantitative estimate of drug-likeness (QED) is 0.603. The Morgan fingerprint density at radius 3 is 2.67 bits per heavy atom. The fourth-order valence-corrected chi connectivity index (χ4v) is 3.63. The molecule has 0 aliphatic carbocycles. The van der Waals surface area contributed by atoms with E-state index in [4.69, 9.17) is 0 Å². The fraction of sp³-hybridized carbons (Fsp3) is 0.458. The Balaban J connectivity index is 1.68. The largest absolute Gasteiger partial charge is 0.386 e. The minimum atomic E-state index is -1.44. The van der Waals surface area contributed by atoms with E-state index in [0.29, 0.717) is 12.0 Å². The second kappa shape index (κ2) is 9.11. The lowest BCUT2D eigenvalue weighted by atomic mass is 9.89. The predicted molar refractivity (Wildman–Crippen MR) is 115 cm³/mol. The van der Waals surface area contributed by atoms with E-state index in [1.54, 1.807) is 24.5 Å². The summed E-state index contributed by atoms with van der Waals surface area (Å²) >= 11 is 0. The number of nitrogens with zero attached hydrogens (tertiary/aromatic N) is 1. The zero-order valence-corrected chi connectivity index (χ0v) is 18.0. The molecule has 1 aliphatic rings. The first kappa shape index (κ1) is 22.2. The second-order valence-electron chi connectivity index (χ2n) is 9.01. The molecule has 3 rings (SSSR count). The summed E-state index contributed by atoms with van der Waals surface area (Å²) in [6.45, 7) is 7.22. The molecule has 3 atom stereocenters. The number of hydrogen-bond donors (Lipinski definition) is 2. The predicted octanol–water partition coefficient (Wildman–Crippen LogP) is 5.74. The van der Waals surface area contributed by atoms with Crippen LogP contribution in [-0.4, -0.2) is 23.9 Å². The Morgan fingerprint density at radius 2 is 2.00 bits per heavy atom. The van der Waals surface area contributed by atoms with Crippen LogP contribution in [0.1, 0.15) is 57.8 Å². The van der Waals surface area contributed by atoms with Gasteiger partial charge in [0.25, 0.3) is 0 Å². The van der Waals surface area contributed by atoms with Crippen LogP contribution in [0.2, 0.25) is 0 Å². The third-order valence-corrected chi connectivity index (χ3v) is 5.40. The molecular weight excluding hydrogens is 387 g/mol. The van der Waals surface area contributed by atoms with E-state index in [2.05, 4.69) is 36.4 Å². The van der Waals surface area contributed by atoms with Crippen LogP contribution >= 0.6 is 0 Å². The van der Waals surface area contributed by atoms with Crippen molar-refractivity contribution in [2.45, 2.75) is 64.2 Å². The Hall–Kier alpha value is -2.50. The van der Waals surface area contributed by atoms with Crippen molar-refractivity contribution in [3.63, 3.8) is 0 Å². The number of halogens is 3. The standard InChI is InChI=1S/C24H30F3N3/c1-15(30-20-12-19(29-14-20)11-18(26)13-25)16-5-6-21(22(27)9-16)17-7-8-28-23(10-17)24(2,3)4/h5-10,14-15,18-19,29-30H,11-13H2,1-4H3/t15-,18?,19?/m0/s1. The molecule has 0 amide bonds. The van der Waals surface area contributed by atoms with Gasteiger partial charge < -0.3 is 10.6 Å². The molecular formula is C24H30F3N3. The fourth-order valence-electron chi connectivity index (χ4n) is 3.63. The molecule has 30 heavy (non-hydrogen) atoms. The molecule has 6 heteroatoms. The molecule has 0 saturated carbocycles. The molecule has 0 saturated heterocycles. The first-order chi connectivity index (χ1) is 14.2. The highest BCUT2D eigenvalue weighted by molar-refractivity contribution is 5.65. The van der Waals surface area contributed by atoms with Gasteiger partial charge in [0.1, 0.15) is 18.7 Å². The number of benzene rings is 1. The van der Waals surface area contributed by atoms with Gasteiger partial charge in [0, 0.05) is 59.7 Å². The number of hydrogen-bond acceptors (Lipinski definition) is 3. The number of rotatable bonds is 7. The van der Waals surface area contributed by atoms with Crippen LogP contribution in [-0.2, 0) is 5.41 Å². The summed E-state index contributed by atoms with van der Waals surface area (Å²) in [7, 11) is 0. The smallest absolute Gasteiger partial charge is 0.131 e. The number of pyridine rings is 1. The molecule has 0 spiro atoms. The minimum Gasteiger partial charge on any atom is -0.386 e. The minimum absolute atomic E-state index is 0.113. The lowest BCUT2D eigenvalue weighted by Gasteiger charge is -2.19. The monoisotopic (exact) mass is 417 g/mol. The Bertz CT molecular complexity index is 905.